The lowest BCUT2D eigenvalue weighted by atomic mass is 10.2. The number of carbonyl (C=O) groups is 1. The number of hydrogen-bond donors (Lipinski definition) is 0. The van der Waals surface area contributed by atoms with Crippen LogP contribution in [0.1, 0.15) is 6.42 Å². The molecule has 1 aromatic rings. The minimum Gasteiger partial charge on any atom is -0.420 e. The fourth-order valence-electron chi connectivity index (χ4n) is 1.38. The molecule has 0 atom stereocenters. The molecule has 0 heterocycles. The quantitative estimate of drug-likeness (QED) is 0.132. The maximum Gasteiger partial charge on any atom is 0.313 e. The highest BCUT2D eigenvalue weighted by Gasteiger charge is 2.28. The lowest BCUT2D eigenvalue weighted by Gasteiger charge is -2.09. The Morgan fingerprint density at radius 2 is 1.39 bits per heavy atom. The number of hydrogen-bond acceptors (Lipinski definition) is 4. The van der Waals surface area contributed by atoms with Crippen LogP contribution >= 0.6 is 0 Å². The maximum atomic E-state index is 13.3. The molecular weight excluding hydrogens is 327 g/mol. The predicted molar refractivity (Wildman–Crippen MR) is 68.3 cm³/mol. The number of halogens is 5. The van der Waals surface area contributed by atoms with Crippen LogP contribution in [0.4, 0.5) is 22.0 Å². The van der Waals surface area contributed by atoms with Gasteiger partial charge in [-0.15, -0.1) is 6.58 Å². The molecule has 128 valence electrons. The van der Waals surface area contributed by atoms with Crippen molar-refractivity contribution in [2.24, 2.45) is 0 Å². The van der Waals surface area contributed by atoms with Gasteiger partial charge in [0.2, 0.25) is 34.8 Å². The van der Waals surface area contributed by atoms with E-state index in [0.717, 1.165) is 0 Å². The number of rotatable bonds is 9. The summed E-state index contributed by atoms with van der Waals surface area (Å²) in [4.78, 5) is 11.3. The number of benzene rings is 1. The Bertz CT molecular complexity index is 548. The van der Waals surface area contributed by atoms with Crippen LogP contribution in [0.3, 0.4) is 0 Å². The molecule has 0 aliphatic heterocycles. The van der Waals surface area contributed by atoms with Gasteiger partial charge < -0.3 is 14.2 Å². The van der Waals surface area contributed by atoms with Crippen LogP contribution in [-0.4, -0.2) is 32.4 Å². The zero-order valence-electron chi connectivity index (χ0n) is 11.8. The molecule has 0 aliphatic rings. The van der Waals surface area contributed by atoms with Gasteiger partial charge in [0, 0.05) is 0 Å². The zero-order chi connectivity index (χ0) is 17.4. The molecule has 9 heteroatoms. The molecule has 0 bridgehead atoms. The van der Waals surface area contributed by atoms with Crippen molar-refractivity contribution < 1.29 is 41.0 Å². The molecule has 0 saturated carbocycles. The van der Waals surface area contributed by atoms with Crippen molar-refractivity contribution >= 4 is 5.97 Å². The molecule has 0 amide bonds. The zero-order valence-corrected chi connectivity index (χ0v) is 11.8. The molecule has 0 aliphatic carbocycles. The van der Waals surface area contributed by atoms with E-state index in [1.165, 1.54) is 6.08 Å². The topological polar surface area (TPSA) is 44.8 Å². The van der Waals surface area contributed by atoms with Gasteiger partial charge in [0.15, 0.2) is 0 Å². The minimum atomic E-state index is -2.33. The number of esters is 1. The molecule has 0 saturated heterocycles. The fraction of sp³-hybridized carbons (Fsp3) is 0.357. The third kappa shape index (κ3) is 5.29. The third-order valence-electron chi connectivity index (χ3n) is 2.44. The Morgan fingerprint density at radius 1 is 0.870 bits per heavy atom. The maximum absolute atomic E-state index is 13.3. The van der Waals surface area contributed by atoms with Gasteiger partial charge in [-0.25, -0.2) is 13.2 Å². The highest BCUT2D eigenvalue weighted by atomic mass is 19.2. The molecule has 1 rings (SSSR count). The average molecular weight is 340 g/mol. The van der Waals surface area contributed by atoms with Crippen molar-refractivity contribution in [3.05, 3.63) is 41.7 Å². The van der Waals surface area contributed by atoms with Gasteiger partial charge in [-0.1, -0.05) is 6.08 Å². The average Bonchev–Trinajstić information content (AvgIpc) is 2.54. The standard InChI is InChI=1S/C14H13F5O4/c1-2-4-21-6-7-22-5-3-8(20)23-14-12(18)10(16)9(15)11(17)13(14)19/h2H,1,3-7H2. The van der Waals surface area contributed by atoms with Crippen LogP contribution in [0, 0.1) is 29.1 Å². The predicted octanol–water partition coefficient (Wildman–Crippen LogP) is 2.90. The van der Waals surface area contributed by atoms with Crippen LogP contribution in [0.25, 0.3) is 0 Å². The molecule has 0 unspecified atom stereocenters. The first-order valence-electron chi connectivity index (χ1n) is 6.38. The summed E-state index contributed by atoms with van der Waals surface area (Å²) < 4.78 is 79.3. The Kier molecular flexibility index (Phi) is 7.63. The molecule has 0 fully saturated rings. The number of ether oxygens (including phenoxy) is 3. The normalized spacial score (nSPS) is 10.7. The van der Waals surface area contributed by atoms with Crippen LogP contribution < -0.4 is 4.74 Å². The Balaban J connectivity index is 2.51. The summed E-state index contributed by atoms with van der Waals surface area (Å²) in [5.41, 5.74) is 0. The van der Waals surface area contributed by atoms with Crippen molar-refractivity contribution in [2.75, 3.05) is 26.4 Å². The summed E-state index contributed by atoms with van der Waals surface area (Å²) in [5.74, 6) is -14.0. The van der Waals surface area contributed by atoms with E-state index >= 15 is 0 Å². The van der Waals surface area contributed by atoms with Crippen LogP contribution in [0.15, 0.2) is 12.7 Å². The Hall–Kier alpha value is -2.00. The smallest absolute Gasteiger partial charge is 0.313 e. The number of carbonyl (C=O) groups excluding carboxylic acids is 1. The summed E-state index contributed by atoms with van der Waals surface area (Å²) in [6.07, 6.45) is 1.09. The first-order chi connectivity index (χ1) is 10.9. The van der Waals surface area contributed by atoms with Gasteiger partial charge in [-0.2, -0.15) is 8.78 Å². The van der Waals surface area contributed by atoms with E-state index in [1.54, 1.807) is 0 Å². The van der Waals surface area contributed by atoms with Crippen molar-refractivity contribution in [3.63, 3.8) is 0 Å². The summed E-state index contributed by atoms with van der Waals surface area (Å²) in [6.45, 7) is 3.95. The highest BCUT2D eigenvalue weighted by molar-refractivity contribution is 5.72. The van der Waals surface area contributed by atoms with E-state index in [1.807, 2.05) is 0 Å². The molecular formula is C14H13F5O4. The van der Waals surface area contributed by atoms with Crippen LogP contribution in [0.2, 0.25) is 0 Å². The third-order valence-corrected chi connectivity index (χ3v) is 2.44. The molecule has 23 heavy (non-hydrogen) atoms. The van der Waals surface area contributed by atoms with E-state index in [2.05, 4.69) is 11.3 Å². The van der Waals surface area contributed by atoms with Gasteiger partial charge in [-0.3, -0.25) is 4.79 Å². The lowest BCUT2D eigenvalue weighted by Crippen LogP contribution is -2.16. The molecule has 1 aromatic carbocycles. The largest absolute Gasteiger partial charge is 0.420 e. The van der Waals surface area contributed by atoms with Crippen molar-refractivity contribution in [1.29, 1.82) is 0 Å². The summed E-state index contributed by atoms with van der Waals surface area (Å²) in [6, 6.07) is 0. The molecule has 0 radical (unpaired) electrons. The van der Waals surface area contributed by atoms with Crippen molar-refractivity contribution in [1.82, 2.24) is 0 Å². The van der Waals surface area contributed by atoms with E-state index in [-0.39, 0.29) is 19.8 Å². The second-order valence-electron chi connectivity index (χ2n) is 4.10. The van der Waals surface area contributed by atoms with Crippen molar-refractivity contribution in [2.45, 2.75) is 6.42 Å². The van der Waals surface area contributed by atoms with E-state index < -0.39 is 47.2 Å². The fourth-order valence-corrected chi connectivity index (χ4v) is 1.38. The van der Waals surface area contributed by atoms with Gasteiger partial charge in [0.1, 0.15) is 0 Å². The summed E-state index contributed by atoms with van der Waals surface area (Å²) >= 11 is 0. The first kappa shape index (κ1) is 19.0. The molecule has 0 N–H and O–H groups in total. The molecule has 4 nitrogen and oxygen atoms in total. The SMILES string of the molecule is C=CCOCCOCCC(=O)Oc1c(F)c(F)c(F)c(F)c1F. The van der Waals surface area contributed by atoms with Crippen molar-refractivity contribution in [3.8, 4) is 5.75 Å². The van der Waals surface area contributed by atoms with E-state index in [4.69, 9.17) is 9.47 Å². The molecule has 0 spiro atoms. The lowest BCUT2D eigenvalue weighted by molar-refractivity contribution is -0.136. The second-order valence-corrected chi connectivity index (χ2v) is 4.10. The van der Waals surface area contributed by atoms with E-state index in [0.29, 0.717) is 6.61 Å². The highest BCUT2D eigenvalue weighted by Crippen LogP contribution is 2.29. The van der Waals surface area contributed by atoms with Gasteiger partial charge in [0.25, 0.3) is 0 Å². The summed E-state index contributed by atoms with van der Waals surface area (Å²) in [5, 5.41) is 0. The Morgan fingerprint density at radius 3 is 1.96 bits per heavy atom. The van der Waals surface area contributed by atoms with Crippen LogP contribution in [0.5, 0.6) is 5.75 Å². The summed E-state index contributed by atoms with van der Waals surface area (Å²) in [7, 11) is 0. The molecule has 0 aromatic heterocycles. The minimum absolute atomic E-state index is 0.143. The van der Waals surface area contributed by atoms with Gasteiger partial charge in [0.05, 0.1) is 32.8 Å². The van der Waals surface area contributed by atoms with Gasteiger partial charge >= 0.3 is 5.97 Å². The monoisotopic (exact) mass is 340 g/mol. The van der Waals surface area contributed by atoms with E-state index in [9.17, 15) is 26.7 Å². The second kappa shape index (κ2) is 9.21. The van der Waals surface area contributed by atoms with Crippen LogP contribution in [-0.2, 0) is 14.3 Å². The first-order valence-corrected chi connectivity index (χ1v) is 6.38. The van der Waals surface area contributed by atoms with Gasteiger partial charge in [-0.05, 0) is 0 Å². The Labute approximate surface area is 128 Å².